The molecule has 140 valence electrons. The Balaban J connectivity index is 1.99. The van der Waals surface area contributed by atoms with E-state index < -0.39 is 10.0 Å². The number of anilines is 1. The number of benzene rings is 2. The topological polar surface area (TPSA) is 91.9 Å². The van der Waals surface area contributed by atoms with Crippen LogP contribution < -0.4 is 15.4 Å². The van der Waals surface area contributed by atoms with Crippen molar-refractivity contribution >= 4 is 33.2 Å². The van der Waals surface area contributed by atoms with E-state index in [-0.39, 0.29) is 23.4 Å². The fraction of sp³-hybridized carbons (Fsp3) is 0.278. The van der Waals surface area contributed by atoms with Crippen molar-refractivity contribution in [3.8, 4) is 0 Å². The molecule has 0 aliphatic heterocycles. The molecule has 4 N–H and O–H groups in total. The second kappa shape index (κ2) is 8.64. The molecule has 0 heterocycles. The average molecular weight is 397 g/mol. The van der Waals surface area contributed by atoms with Crippen LogP contribution in [0.3, 0.4) is 0 Å². The number of nitrogens with one attached hydrogen (secondary N) is 2. The van der Waals surface area contributed by atoms with Gasteiger partial charge in [0.1, 0.15) is 6.04 Å². The smallest absolute Gasteiger partial charge is 0.279 e. The van der Waals surface area contributed by atoms with E-state index in [0.717, 1.165) is 5.56 Å². The lowest BCUT2D eigenvalue weighted by atomic mass is 10.1. The largest absolute Gasteiger partial charge is 0.333 e. The zero-order valence-electron chi connectivity index (χ0n) is 14.9. The minimum absolute atomic E-state index is 0.0938. The first-order chi connectivity index (χ1) is 12.2. The highest BCUT2D eigenvalue weighted by Crippen LogP contribution is 2.19. The van der Waals surface area contributed by atoms with E-state index in [1.54, 1.807) is 19.1 Å². The number of nitrogens with two attached hydrogens (primary N) is 1. The number of rotatable bonds is 7. The lowest BCUT2D eigenvalue weighted by Gasteiger charge is -2.12. The van der Waals surface area contributed by atoms with E-state index in [9.17, 15) is 13.2 Å². The molecular weight excluding hydrogens is 374 g/mol. The summed E-state index contributed by atoms with van der Waals surface area (Å²) in [7, 11) is -2.22. The molecule has 8 heteroatoms. The quantitative estimate of drug-likeness (QED) is 0.666. The van der Waals surface area contributed by atoms with Crippen LogP contribution in [-0.2, 0) is 14.8 Å². The molecule has 0 aliphatic carbocycles. The zero-order chi connectivity index (χ0) is 19.3. The Morgan fingerprint density at radius 1 is 1.19 bits per heavy atom. The van der Waals surface area contributed by atoms with Gasteiger partial charge in [0.15, 0.2) is 6.54 Å². The van der Waals surface area contributed by atoms with Crippen molar-refractivity contribution in [2.75, 3.05) is 18.9 Å². The summed E-state index contributed by atoms with van der Waals surface area (Å²) in [4.78, 5) is 12.3. The van der Waals surface area contributed by atoms with E-state index in [1.165, 1.54) is 13.1 Å². The molecule has 0 unspecified atom stereocenters. The van der Waals surface area contributed by atoms with Gasteiger partial charge < -0.3 is 10.6 Å². The van der Waals surface area contributed by atoms with Crippen LogP contribution in [0.2, 0.25) is 5.02 Å². The van der Waals surface area contributed by atoms with Crippen molar-refractivity contribution in [3.63, 3.8) is 0 Å². The summed E-state index contributed by atoms with van der Waals surface area (Å²) >= 11 is 5.88. The second-order valence-corrected chi connectivity index (χ2v) is 8.31. The van der Waals surface area contributed by atoms with Crippen LogP contribution in [0.25, 0.3) is 0 Å². The van der Waals surface area contributed by atoms with Gasteiger partial charge >= 0.3 is 0 Å². The Morgan fingerprint density at radius 2 is 1.85 bits per heavy atom. The fourth-order valence-electron chi connectivity index (χ4n) is 2.48. The summed E-state index contributed by atoms with van der Waals surface area (Å²) in [6.07, 6.45) is 0. The van der Waals surface area contributed by atoms with Crippen molar-refractivity contribution in [3.05, 3.63) is 58.6 Å². The second-order valence-electron chi connectivity index (χ2n) is 6.02. The van der Waals surface area contributed by atoms with Gasteiger partial charge in [-0.25, -0.2) is 13.1 Å². The van der Waals surface area contributed by atoms with Crippen LogP contribution in [0.5, 0.6) is 0 Å². The number of aryl methyl sites for hydroxylation is 1. The Labute approximate surface area is 159 Å². The van der Waals surface area contributed by atoms with Crippen molar-refractivity contribution in [1.29, 1.82) is 0 Å². The molecule has 2 rings (SSSR count). The highest BCUT2D eigenvalue weighted by molar-refractivity contribution is 7.89. The Bertz CT molecular complexity index is 883. The van der Waals surface area contributed by atoms with Crippen molar-refractivity contribution in [1.82, 2.24) is 4.72 Å². The summed E-state index contributed by atoms with van der Waals surface area (Å²) in [5.74, 6) is -0.206. The third kappa shape index (κ3) is 5.28. The highest BCUT2D eigenvalue weighted by atomic mass is 35.5. The monoisotopic (exact) mass is 396 g/mol. The summed E-state index contributed by atoms with van der Waals surface area (Å²) < 4.78 is 26.3. The molecule has 0 radical (unpaired) electrons. The molecule has 2 aromatic carbocycles. The molecule has 0 fully saturated rings. The van der Waals surface area contributed by atoms with Gasteiger partial charge in [0, 0.05) is 16.3 Å². The minimum atomic E-state index is -3.57. The molecule has 1 atom stereocenters. The van der Waals surface area contributed by atoms with Gasteiger partial charge in [-0.15, -0.1) is 0 Å². The Hall–Kier alpha value is -1.93. The molecule has 0 saturated heterocycles. The van der Waals surface area contributed by atoms with Crippen LogP contribution in [0.1, 0.15) is 24.1 Å². The summed E-state index contributed by atoms with van der Waals surface area (Å²) in [5, 5.41) is 5.31. The molecule has 0 bridgehead atoms. The third-order valence-corrected chi connectivity index (χ3v) is 5.89. The van der Waals surface area contributed by atoms with Gasteiger partial charge in [-0.2, -0.15) is 0 Å². The minimum Gasteiger partial charge on any atom is -0.333 e. The summed E-state index contributed by atoms with van der Waals surface area (Å²) in [6.45, 7) is 3.92. The highest BCUT2D eigenvalue weighted by Gasteiger charge is 2.16. The van der Waals surface area contributed by atoms with Crippen LogP contribution in [0.4, 0.5) is 5.69 Å². The van der Waals surface area contributed by atoms with Crippen LogP contribution in [0.15, 0.2) is 47.4 Å². The van der Waals surface area contributed by atoms with Gasteiger partial charge in [0.05, 0.1) is 4.90 Å². The van der Waals surface area contributed by atoms with Crippen molar-refractivity contribution in [2.24, 2.45) is 0 Å². The number of carbonyl (C=O) groups excluding carboxylic acids is 1. The first-order valence-electron chi connectivity index (χ1n) is 8.16. The zero-order valence-corrected chi connectivity index (χ0v) is 16.5. The van der Waals surface area contributed by atoms with Gasteiger partial charge in [-0.05, 0) is 50.7 Å². The van der Waals surface area contributed by atoms with E-state index in [0.29, 0.717) is 16.3 Å². The first kappa shape index (κ1) is 20.4. The molecule has 2 aromatic rings. The maximum atomic E-state index is 12.2. The number of amides is 1. The lowest BCUT2D eigenvalue weighted by Crippen LogP contribution is -2.86. The third-order valence-electron chi connectivity index (χ3n) is 4.08. The normalized spacial score (nSPS) is 12.6. The lowest BCUT2D eigenvalue weighted by molar-refractivity contribution is -0.682. The van der Waals surface area contributed by atoms with Crippen LogP contribution >= 0.6 is 11.6 Å². The van der Waals surface area contributed by atoms with Crippen LogP contribution in [0, 0.1) is 6.92 Å². The van der Waals surface area contributed by atoms with E-state index in [4.69, 9.17) is 11.6 Å². The molecule has 26 heavy (non-hydrogen) atoms. The fourth-order valence-corrected chi connectivity index (χ4v) is 3.60. The Morgan fingerprint density at radius 3 is 2.46 bits per heavy atom. The van der Waals surface area contributed by atoms with Crippen molar-refractivity contribution < 1.29 is 18.5 Å². The molecule has 0 saturated carbocycles. The van der Waals surface area contributed by atoms with E-state index in [1.807, 2.05) is 36.5 Å². The average Bonchev–Trinajstić information content (AvgIpc) is 2.61. The molecule has 1 amide bonds. The van der Waals surface area contributed by atoms with Crippen LogP contribution in [-0.4, -0.2) is 27.9 Å². The van der Waals surface area contributed by atoms with E-state index in [2.05, 4.69) is 10.0 Å². The first-order valence-corrected chi connectivity index (χ1v) is 10.0. The number of hydrogen-bond donors (Lipinski definition) is 3. The number of sulfonamides is 1. The summed E-state index contributed by atoms with van der Waals surface area (Å²) in [5.41, 5.74) is 2.13. The van der Waals surface area contributed by atoms with Gasteiger partial charge in [-0.1, -0.05) is 29.8 Å². The predicted molar refractivity (Wildman–Crippen MR) is 103 cm³/mol. The van der Waals surface area contributed by atoms with E-state index >= 15 is 0 Å². The molecule has 0 aliphatic rings. The predicted octanol–water partition coefficient (Wildman–Crippen LogP) is 1.82. The van der Waals surface area contributed by atoms with Gasteiger partial charge in [0.2, 0.25) is 10.0 Å². The summed E-state index contributed by atoms with van der Waals surface area (Å²) in [6, 6.07) is 12.4. The number of halogens is 1. The molecule has 0 spiro atoms. The number of hydrogen-bond acceptors (Lipinski definition) is 3. The molecular formula is C18H23ClN3O3S+. The van der Waals surface area contributed by atoms with Gasteiger partial charge in [-0.3, -0.25) is 4.79 Å². The standard InChI is InChI=1S/C18H22ClN3O3S/c1-12-4-9-16(10-17(12)26(24,25)20-3)22-18(23)11-21-13(2)14-5-7-15(19)8-6-14/h4-10,13,20-21H,11H2,1-3H3,(H,22,23)/p+1/t13-/m1/s1. The maximum Gasteiger partial charge on any atom is 0.279 e. The maximum absolute atomic E-state index is 12.2. The molecule has 0 aromatic heterocycles. The van der Waals surface area contributed by atoms with Crippen molar-refractivity contribution in [2.45, 2.75) is 24.8 Å². The Kier molecular flexibility index (Phi) is 6.77. The molecule has 6 nitrogen and oxygen atoms in total. The SMILES string of the molecule is CNS(=O)(=O)c1cc(NC(=O)C[NH2+][C@H](C)c2ccc(Cl)cc2)ccc1C. The number of quaternary nitrogens is 1. The van der Waals surface area contributed by atoms with Gasteiger partial charge in [0.25, 0.3) is 5.91 Å². The number of carbonyl (C=O) groups is 1.